The van der Waals surface area contributed by atoms with Crippen LogP contribution in [0.1, 0.15) is 0 Å². The molecule has 236 valence electrons. The normalized spacial score (nSPS) is 18.7. The Kier molecular flexibility index (Phi) is 20.3. The van der Waals surface area contributed by atoms with Crippen molar-refractivity contribution in [3.05, 3.63) is 0 Å². The fourth-order valence-electron chi connectivity index (χ4n) is 2.09. The lowest BCUT2D eigenvalue weighted by Gasteiger charge is -2.20. The lowest BCUT2D eigenvalue weighted by Crippen LogP contribution is -2.27. The first kappa shape index (κ1) is 39.2. The van der Waals surface area contributed by atoms with Crippen LogP contribution >= 0.6 is 31.3 Å². The van der Waals surface area contributed by atoms with Gasteiger partial charge < -0.3 is 39.0 Å². The molecule has 0 heterocycles. The molecule has 0 aromatic carbocycles. The van der Waals surface area contributed by atoms with Crippen LogP contribution < -0.4 is 10.6 Å². The van der Waals surface area contributed by atoms with E-state index in [0.717, 1.165) is 0 Å². The molecule has 0 saturated carbocycles. The maximum Gasteiger partial charge on any atom is 0.472 e. The highest BCUT2D eigenvalue weighted by atomic mass is 31.2. The van der Waals surface area contributed by atoms with Crippen LogP contribution in [-0.2, 0) is 59.4 Å². The fourth-order valence-corrected chi connectivity index (χ4v) is 4.89. The third-order valence-corrected chi connectivity index (χ3v) is 7.13. The minimum atomic E-state index is -4.98. The van der Waals surface area contributed by atoms with Crippen molar-refractivity contribution in [1.29, 1.82) is 0 Å². The number of hydrogen-bond acceptors (Lipinski definition) is 16. The molecule has 5 atom stereocenters. The van der Waals surface area contributed by atoms with Crippen LogP contribution in [0.5, 0.6) is 0 Å². The molecule has 39 heavy (non-hydrogen) atoms. The lowest BCUT2D eigenvalue weighted by molar-refractivity contribution is -0.00598. The van der Waals surface area contributed by atoms with Crippen molar-refractivity contribution in [3.63, 3.8) is 0 Å². The quantitative estimate of drug-likeness (QED) is 0.0301. The molecule has 0 radical (unpaired) electrons. The third-order valence-electron chi connectivity index (χ3n) is 3.48. The first-order valence-corrected chi connectivity index (χ1v) is 16.8. The van der Waals surface area contributed by atoms with Gasteiger partial charge in [0.2, 0.25) is 0 Å². The summed E-state index contributed by atoms with van der Waals surface area (Å²) in [6.07, 6.45) is -2.64. The van der Waals surface area contributed by atoms with Crippen molar-refractivity contribution in [3.8, 4) is 0 Å². The van der Waals surface area contributed by atoms with Gasteiger partial charge in [0.1, 0.15) is 12.2 Å². The minimum absolute atomic E-state index is 0.0228. The molecule has 8 N–H and O–H groups in total. The molecule has 0 aliphatic heterocycles. The molecule has 0 aliphatic rings. The summed E-state index contributed by atoms with van der Waals surface area (Å²) in [5, 5.41) is 14.4. The predicted octanol–water partition coefficient (Wildman–Crippen LogP) is -1.39. The van der Waals surface area contributed by atoms with Gasteiger partial charge in [0.25, 0.3) is 0 Å². The molecular formula is C14H36N2O19P4. The molecule has 5 unspecified atom stereocenters. The van der Waals surface area contributed by atoms with Crippen molar-refractivity contribution in [2.24, 2.45) is 0 Å². The van der Waals surface area contributed by atoms with E-state index in [1.54, 1.807) is 7.05 Å². The average molecular weight is 660 g/mol. The van der Waals surface area contributed by atoms with Crippen LogP contribution in [0.15, 0.2) is 0 Å². The van der Waals surface area contributed by atoms with E-state index >= 15 is 0 Å². The molecule has 25 heteroatoms. The van der Waals surface area contributed by atoms with Crippen molar-refractivity contribution < 1.29 is 89.0 Å². The zero-order chi connectivity index (χ0) is 30.0. The fraction of sp³-hybridized carbons (Fsp3) is 1.00. The number of nitrogens with one attached hydrogen (secondary N) is 2. The number of aliphatic hydroxyl groups excluding tert-OH is 1. The van der Waals surface area contributed by atoms with Gasteiger partial charge in [-0.2, -0.15) is 0 Å². The molecule has 0 aromatic rings. The lowest BCUT2D eigenvalue weighted by atomic mass is 10.4. The maximum atomic E-state index is 11.9. The molecule has 0 fully saturated rings. The Labute approximate surface area is 224 Å². The highest BCUT2D eigenvalue weighted by Gasteiger charge is 2.30. The van der Waals surface area contributed by atoms with Crippen molar-refractivity contribution in [1.82, 2.24) is 10.6 Å². The summed E-state index contributed by atoms with van der Waals surface area (Å²) in [4.78, 5) is 46.6. The number of phosphoric acid groups is 4. The van der Waals surface area contributed by atoms with Crippen LogP contribution in [0.25, 0.3) is 0 Å². The maximum absolute atomic E-state index is 11.9. The van der Waals surface area contributed by atoms with E-state index in [1.807, 2.05) is 0 Å². The molecule has 0 amide bonds. The van der Waals surface area contributed by atoms with Gasteiger partial charge >= 0.3 is 31.3 Å². The largest absolute Gasteiger partial charge is 0.472 e. The van der Waals surface area contributed by atoms with Gasteiger partial charge in [-0.1, -0.05) is 0 Å². The Morgan fingerprint density at radius 2 is 1.00 bits per heavy atom. The summed E-state index contributed by atoms with van der Waals surface area (Å²) >= 11 is 0. The monoisotopic (exact) mass is 660 g/mol. The standard InChI is InChI=1S/C14H36N2O19P4/c1-15-11-27-8-13(7-17)35-39(25,26)32-6-5-30-37(21,22)29-3-4-31-38(23,24)33-10-14(9-28-12-16-2)34-36(18,19)20/h13-17H,3-12H2,1-2H3,(H,21,22)(H,23,24)(H,25,26)(H2,18,19,20). The minimum Gasteiger partial charge on any atom is -0.394 e. The Bertz CT molecular complexity index is 845. The van der Waals surface area contributed by atoms with Gasteiger partial charge in [-0.3, -0.25) is 42.3 Å². The van der Waals surface area contributed by atoms with Crippen molar-refractivity contribution in [2.45, 2.75) is 12.2 Å². The zero-order valence-electron chi connectivity index (χ0n) is 21.0. The molecule has 21 nitrogen and oxygen atoms in total. The van der Waals surface area contributed by atoms with Gasteiger partial charge in [-0.05, 0) is 14.1 Å². The second-order valence-electron chi connectivity index (χ2n) is 6.90. The zero-order valence-corrected chi connectivity index (χ0v) is 24.6. The third kappa shape index (κ3) is 23.5. The summed E-state index contributed by atoms with van der Waals surface area (Å²) in [5.74, 6) is 0. The number of rotatable bonds is 26. The summed E-state index contributed by atoms with van der Waals surface area (Å²) in [6.45, 7) is -5.03. The second-order valence-corrected chi connectivity index (χ2v) is 12.4. The van der Waals surface area contributed by atoms with E-state index in [0.29, 0.717) is 0 Å². The van der Waals surface area contributed by atoms with Crippen LogP contribution in [0.4, 0.5) is 0 Å². The highest BCUT2D eigenvalue weighted by molar-refractivity contribution is 7.48. The first-order chi connectivity index (χ1) is 18.0. The number of hydrogen-bond donors (Lipinski definition) is 8. The number of aliphatic hydroxyl groups is 1. The van der Waals surface area contributed by atoms with E-state index < -0.39 is 89.7 Å². The van der Waals surface area contributed by atoms with Gasteiger partial charge in [0.05, 0.1) is 66.3 Å². The highest BCUT2D eigenvalue weighted by Crippen LogP contribution is 2.47. The van der Waals surface area contributed by atoms with Crippen molar-refractivity contribution in [2.75, 3.05) is 80.4 Å². The Hall–Kier alpha value is 0.240. The summed E-state index contributed by atoms with van der Waals surface area (Å²) in [6, 6.07) is 0. The summed E-state index contributed by atoms with van der Waals surface area (Å²) < 4.78 is 88.2. The van der Waals surface area contributed by atoms with Crippen LogP contribution in [0.3, 0.4) is 0 Å². The van der Waals surface area contributed by atoms with E-state index in [4.69, 9.17) is 28.9 Å². The van der Waals surface area contributed by atoms with E-state index in [-0.39, 0.29) is 20.1 Å². The first-order valence-electron chi connectivity index (χ1n) is 10.7. The Balaban J connectivity index is 4.37. The van der Waals surface area contributed by atoms with Gasteiger partial charge in [0, 0.05) is 0 Å². The van der Waals surface area contributed by atoms with Gasteiger partial charge in [0.15, 0.2) is 0 Å². The molecule has 0 aliphatic carbocycles. The molecule has 0 rings (SSSR count). The smallest absolute Gasteiger partial charge is 0.394 e. The molecule has 0 spiro atoms. The molecule has 0 aromatic heterocycles. The number of ether oxygens (including phenoxy) is 2. The molecule has 0 saturated heterocycles. The van der Waals surface area contributed by atoms with Crippen LogP contribution in [0.2, 0.25) is 0 Å². The second kappa shape index (κ2) is 20.2. The van der Waals surface area contributed by atoms with Gasteiger partial charge in [-0.15, -0.1) is 0 Å². The molecule has 0 bridgehead atoms. The van der Waals surface area contributed by atoms with E-state index in [1.165, 1.54) is 7.05 Å². The van der Waals surface area contributed by atoms with Gasteiger partial charge in [-0.25, -0.2) is 18.3 Å². The Morgan fingerprint density at radius 3 is 1.41 bits per heavy atom. The predicted molar refractivity (Wildman–Crippen MR) is 128 cm³/mol. The summed E-state index contributed by atoms with van der Waals surface area (Å²) in [5.41, 5.74) is 0. The van der Waals surface area contributed by atoms with Crippen LogP contribution in [-0.4, -0.2) is 122 Å². The van der Waals surface area contributed by atoms with Crippen LogP contribution in [0, 0.1) is 0 Å². The average Bonchev–Trinajstić information content (AvgIpc) is 2.82. The topological polar surface area (TPSA) is 297 Å². The number of phosphoric ester groups is 4. The van der Waals surface area contributed by atoms with E-state index in [9.17, 15) is 32.9 Å². The summed E-state index contributed by atoms with van der Waals surface area (Å²) in [7, 11) is -16.1. The van der Waals surface area contributed by atoms with Crippen molar-refractivity contribution >= 4 is 31.3 Å². The SMILES string of the molecule is CNCOCC(COP(=O)(O)OCCOP(=O)(O)OCCOP(=O)(O)OC(CO)COCNC)OP(=O)(O)O. The Morgan fingerprint density at radius 1 is 0.590 bits per heavy atom. The van der Waals surface area contributed by atoms with E-state index in [2.05, 4.69) is 37.8 Å². The molecular weight excluding hydrogens is 624 g/mol.